The molecule has 0 aromatic carbocycles. The smallest absolute Gasteiger partial charge is 0.0523 e. The third kappa shape index (κ3) is 4.24. The van der Waals surface area contributed by atoms with Crippen molar-refractivity contribution in [1.82, 2.24) is 0 Å². The Kier molecular flexibility index (Phi) is 6.03. The van der Waals surface area contributed by atoms with E-state index >= 15 is 0 Å². The molecule has 2 heteroatoms. The monoisotopic (exact) mass is 140 g/mol. The minimum absolute atomic E-state index is 0.850. The largest absolute Gasteiger partial charge is 0.292 e. The summed E-state index contributed by atoms with van der Waals surface area (Å²) in [6.07, 6.45) is 2.85. The minimum Gasteiger partial charge on any atom is -0.292 e. The molecule has 0 heterocycles. The number of aliphatic imine (C=N–C) groups is 2. The van der Waals surface area contributed by atoms with Crippen molar-refractivity contribution in [3.63, 3.8) is 0 Å². The van der Waals surface area contributed by atoms with E-state index in [0.717, 1.165) is 25.2 Å². The van der Waals surface area contributed by atoms with Gasteiger partial charge in [0.25, 0.3) is 0 Å². The van der Waals surface area contributed by atoms with Gasteiger partial charge in [-0.1, -0.05) is 6.92 Å². The van der Waals surface area contributed by atoms with Crippen LogP contribution in [-0.4, -0.2) is 25.0 Å². The molecule has 10 heavy (non-hydrogen) atoms. The first-order chi connectivity index (χ1) is 4.85. The van der Waals surface area contributed by atoms with Crippen molar-refractivity contribution >= 4 is 11.9 Å². The molecule has 0 aliphatic carbocycles. The molecule has 0 atom stereocenters. The summed E-state index contributed by atoms with van der Waals surface area (Å²) in [5, 5.41) is 0. The molecular formula is C8H16N2. The van der Waals surface area contributed by atoms with Gasteiger partial charge < -0.3 is 0 Å². The van der Waals surface area contributed by atoms with Crippen molar-refractivity contribution in [3.05, 3.63) is 0 Å². The number of hydrogen-bond donors (Lipinski definition) is 0. The Morgan fingerprint density at radius 1 is 1.20 bits per heavy atom. The Morgan fingerprint density at radius 2 is 1.90 bits per heavy atom. The molecule has 0 bridgehead atoms. The van der Waals surface area contributed by atoms with Crippen LogP contribution >= 0.6 is 0 Å². The topological polar surface area (TPSA) is 24.7 Å². The highest BCUT2D eigenvalue weighted by Crippen LogP contribution is 1.83. The van der Waals surface area contributed by atoms with Gasteiger partial charge in [0.2, 0.25) is 0 Å². The van der Waals surface area contributed by atoms with E-state index in [9.17, 15) is 0 Å². The molecular weight excluding hydrogens is 124 g/mol. The molecule has 0 saturated heterocycles. The summed E-state index contributed by atoms with van der Waals surface area (Å²) < 4.78 is 0. The molecule has 0 aromatic heterocycles. The zero-order valence-corrected chi connectivity index (χ0v) is 7.09. The summed E-state index contributed by atoms with van der Waals surface area (Å²) in [6.45, 7) is 7.86. The number of nitrogens with zero attached hydrogens (tertiary/aromatic N) is 2. The molecule has 0 saturated carbocycles. The van der Waals surface area contributed by atoms with Gasteiger partial charge in [-0.3, -0.25) is 9.98 Å². The van der Waals surface area contributed by atoms with E-state index in [2.05, 4.69) is 16.9 Å². The quantitative estimate of drug-likeness (QED) is 0.533. The minimum atomic E-state index is 0.850. The average Bonchev–Trinajstić information content (AvgIpc) is 1.98. The maximum atomic E-state index is 4.25. The normalized spacial score (nSPS) is 12.9. The zero-order chi connectivity index (χ0) is 7.82. The van der Waals surface area contributed by atoms with Crippen molar-refractivity contribution in [2.45, 2.75) is 27.2 Å². The van der Waals surface area contributed by atoms with Gasteiger partial charge in [-0.15, -0.1) is 0 Å². The highest BCUT2D eigenvalue weighted by Gasteiger charge is 1.86. The van der Waals surface area contributed by atoms with Crippen molar-refractivity contribution < 1.29 is 0 Å². The van der Waals surface area contributed by atoms with E-state index < -0.39 is 0 Å². The molecule has 0 aromatic rings. The lowest BCUT2D eigenvalue weighted by atomic mass is 10.3. The van der Waals surface area contributed by atoms with Crippen LogP contribution in [0.4, 0.5) is 0 Å². The lowest BCUT2D eigenvalue weighted by molar-refractivity contribution is 1.10. The van der Waals surface area contributed by atoms with Crippen LogP contribution in [-0.2, 0) is 0 Å². The lowest BCUT2D eigenvalue weighted by Crippen LogP contribution is -1.98. The molecule has 58 valence electrons. The first kappa shape index (κ1) is 9.34. The van der Waals surface area contributed by atoms with Gasteiger partial charge in [0.05, 0.1) is 5.71 Å². The molecule has 0 radical (unpaired) electrons. The summed E-state index contributed by atoms with van der Waals surface area (Å²) in [4.78, 5) is 8.35. The molecule has 0 unspecified atom stereocenters. The van der Waals surface area contributed by atoms with Gasteiger partial charge in [0.1, 0.15) is 0 Å². The fourth-order valence-corrected chi connectivity index (χ4v) is 0.644. The zero-order valence-electron chi connectivity index (χ0n) is 7.09. The highest BCUT2D eigenvalue weighted by molar-refractivity contribution is 6.30. The Hall–Kier alpha value is -0.660. The Balaban J connectivity index is 3.82. The molecule has 0 aliphatic heterocycles. The third-order valence-electron chi connectivity index (χ3n) is 1.15. The van der Waals surface area contributed by atoms with E-state index in [1.54, 1.807) is 0 Å². The predicted molar refractivity (Wildman–Crippen MR) is 47.3 cm³/mol. The van der Waals surface area contributed by atoms with E-state index in [1.807, 2.05) is 20.1 Å². The van der Waals surface area contributed by atoms with E-state index in [-0.39, 0.29) is 0 Å². The fraction of sp³-hybridized carbons (Fsp3) is 0.750. The van der Waals surface area contributed by atoms with Gasteiger partial charge in [-0.2, -0.15) is 0 Å². The average molecular weight is 140 g/mol. The number of hydrogen-bond acceptors (Lipinski definition) is 2. The maximum Gasteiger partial charge on any atom is 0.0523 e. The molecule has 0 fully saturated rings. The van der Waals surface area contributed by atoms with Crippen molar-refractivity contribution in [1.29, 1.82) is 0 Å². The Morgan fingerprint density at radius 3 is 2.30 bits per heavy atom. The second-order valence-corrected chi connectivity index (χ2v) is 1.95. The van der Waals surface area contributed by atoms with Gasteiger partial charge in [-0.25, -0.2) is 0 Å². The summed E-state index contributed by atoms with van der Waals surface area (Å²) in [5.74, 6) is 0. The molecule has 0 aliphatic rings. The third-order valence-corrected chi connectivity index (χ3v) is 1.15. The summed E-state index contributed by atoms with van der Waals surface area (Å²) in [5.41, 5.74) is 1.10. The predicted octanol–water partition coefficient (Wildman–Crippen LogP) is 1.95. The fourth-order valence-electron chi connectivity index (χ4n) is 0.644. The van der Waals surface area contributed by atoms with Gasteiger partial charge in [-0.05, 0) is 20.3 Å². The Bertz CT molecular complexity index is 125. The van der Waals surface area contributed by atoms with Gasteiger partial charge in [0.15, 0.2) is 0 Å². The van der Waals surface area contributed by atoms with E-state index in [1.165, 1.54) is 0 Å². The maximum absolute atomic E-state index is 4.25. The molecule has 0 amide bonds. The van der Waals surface area contributed by atoms with Crippen LogP contribution in [0.15, 0.2) is 9.98 Å². The molecule has 0 rings (SSSR count). The molecule has 0 spiro atoms. The van der Waals surface area contributed by atoms with Gasteiger partial charge in [0, 0.05) is 19.3 Å². The van der Waals surface area contributed by atoms with Crippen molar-refractivity contribution in [3.8, 4) is 0 Å². The summed E-state index contributed by atoms with van der Waals surface area (Å²) in [6, 6.07) is 0. The first-order valence-electron chi connectivity index (χ1n) is 3.88. The summed E-state index contributed by atoms with van der Waals surface area (Å²) in [7, 11) is 0. The SMILES string of the molecule is CCN=CC(CC)=NCC. The lowest BCUT2D eigenvalue weighted by Gasteiger charge is -1.92. The molecule has 2 nitrogen and oxygen atoms in total. The van der Waals surface area contributed by atoms with Crippen LogP contribution < -0.4 is 0 Å². The summed E-state index contributed by atoms with van der Waals surface area (Å²) >= 11 is 0. The van der Waals surface area contributed by atoms with Crippen LogP contribution in [0.3, 0.4) is 0 Å². The first-order valence-corrected chi connectivity index (χ1v) is 3.88. The van der Waals surface area contributed by atoms with Crippen LogP contribution in [0.2, 0.25) is 0 Å². The van der Waals surface area contributed by atoms with Crippen LogP contribution in [0.5, 0.6) is 0 Å². The van der Waals surface area contributed by atoms with Crippen LogP contribution in [0.1, 0.15) is 27.2 Å². The van der Waals surface area contributed by atoms with Gasteiger partial charge >= 0.3 is 0 Å². The molecule has 0 N–H and O–H groups in total. The van der Waals surface area contributed by atoms with Crippen LogP contribution in [0, 0.1) is 0 Å². The van der Waals surface area contributed by atoms with E-state index in [0.29, 0.717) is 0 Å². The second-order valence-electron chi connectivity index (χ2n) is 1.95. The van der Waals surface area contributed by atoms with E-state index in [4.69, 9.17) is 0 Å². The van der Waals surface area contributed by atoms with Crippen LogP contribution in [0.25, 0.3) is 0 Å². The second kappa shape index (κ2) is 6.46. The Labute approximate surface area is 63.1 Å². The highest BCUT2D eigenvalue weighted by atomic mass is 14.8. The van der Waals surface area contributed by atoms with Crippen molar-refractivity contribution in [2.75, 3.05) is 13.1 Å². The number of rotatable bonds is 4. The van der Waals surface area contributed by atoms with Crippen molar-refractivity contribution in [2.24, 2.45) is 9.98 Å². The standard InChI is InChI=1S/C8H16N2/c1-4-8(10-6-3)7-9-5-2/h7H,4-6H2,1-3H3.